The number of ether oxygens (including phenoxy) is 1. The molecule has 1 aliphatic rings. The van der Waals surface area contributed by atoms with E-state index in [2.05, 4.69) is 27.2 Å². The molecule has 0 aliphatic heterocycles. The fourth-order valence-corrected chi connectivity index (χ4v) is 2.00. The Labute approximate surface area is 106 Å². The topological polar surface area (TPSA) is 59.9 Å². The van der Waals surface area contributed by atoms with E-state index >= 15 is 0 Å². The van der Waals surface area contributed by atoms with Crippen LogP contribution in [0.5, 0.6) is 6.01 Å². The second-order valence-electron chi connectivity index (χ2n) is 4.27. The molecular weight excluding hydrogens is 240 g/mol. The van der Waals surface area contributed by atoms with E-state index < -0.39 is 0 Å². The average molecular weight is 257 g/mol. The molecule has 1 heterocycles. The Balaban J connectivity index is 2.03. The van der Waals surface area contributed by atoms with Crippen molar-refractivity contribution in [2.75, 3.05) is 11.9 Å². The molecule has 0 spiro atoms. The van der Waals surface area contributed by atoms with Gasteiger partial charge in [-0.2, -0.15) is 15.0 Å². The van der Waals surface area contributed by atoms with Crippen molar-refractivity contribution < 1.29 is 4.74 Å². The first-order valence-electron chi connectivity index (χ1n) is 6.00. The van der Waals surface area contributed by atoms with Crippen molar-refractivity contribution in [3.63, 3.8) is 0 Å². The molecule has 1 saturated carbocycles. The van der Waals surface area contributed by atoms with Crippen LogP contribution in [-0.4, -0.2) is 27.6 Å². The molecule has 1 unspecified atom stereocenters. The Bertz CT molecular complexity index is 384. The van der Waals surface area contributed by atoms with Crippen LogP contribution in [0.15, 0.2) is 0 Å². The van der Waals surface area contributed by atoms with Gasteiger partial charge in [-0.3, -0.25) is 0 Å². The van der Waals surface area contributed by atoms with Crippen molar-refractivity contribution in [2.24, 2.45) is 5.92 Å². The molecule has 94 valence electrons. The molecule has 1 aromatic rings. The lowest BCUT2D eigenvalue weighted by atomic mass is 9.80. The summed E-state index contributed by atoms with van der Waals surface area (Å²) in [4.78, 5) is 12.1. The van der Waals surface area contributed by atoms with E-state index in [0.717, 1.165) is 0 Å². The van der Waals surface area contributed by atoms with Crippen molar-refractivity contribution in [3.05, 3.63) is 5.28 Å². The summed E-state index contributed by atoms with van der Waals surface area (Å²) in [5, 5.41) is 3.42. The summed E-state index contributed by atoms with van der Waals surface area (Å²) in [6.07, 6.45) is 3.86. The summed E-state index contributed by atoms with van der Waals surface area (Å²) in [5.74, 6) is 1.20. The number of anilines is 1. The van der Waals surface area contributed by atoms with Crippen LogP contribution in [0.25, 0.3) is 0 Å². The summed E-state index contributed by atoms with van der Waals surface area (Å²) in [7, 11) is 0. The first-order valence-corrected chi connectivity index (χ1v) is 6.37. The van der Waals surface area contributed by atoms with E-state index in [9.17, 15) is 0 Å². The zero-order valence-corrected chi connectivity index (χ0v) is 10.9. The highest BCUT2D eigenvalue weighted by atomic mass is 35.5. The fourth-order valence-electron chi connectivity index (χ4n) is 1.85. The average Bonchev–Trinajstić information content (AvgIpc) is 2.13. The van der Waals surface area contributed by atoms with Crippen LogP contribution in [0.1, 0.15) is 33.1 Å². The third-order valence-corrected chi connectivity index (χ3v) is 3.24. The Morgan fingerprint density at radius 1 is 1.41 bits per heavy atom. The van der Waals surface area contributed by atoms with Gasteiger partial charge in [0.25, 0.3) is 0 Å². The zero-order valence-electron chi connectivity index (χ0n) is 10.1. The van der Waals surface area contributed by atoms with E-state index in [4.69, 9.17) is 16.3 Å². The number of halogens is 1. The van der Waals surface area contributed by atoms with Gasteiger partial charge in [0.15, 0.2) is 0 Å². The van der Waals surface area contributed by atoms with Gasteiger partial charge in [0.05, 0.1) is 6.61 Å². The predicted molar refractivity (Wildman–Crippen MR) is 66.4 cm³/mol. The molecule has 2 rings (SSSR count). The maximum atomic E-state index is 5.81. The summed E-state index contributed by atoms with van der Waals surface area (Å²) >= 11 is 5.81. The third-order valence-electron chi connectivity index (χ3n) is 3.07. The Morgan fingerprint density at radius 2 is 2.18 bits per heavy atom. The zero-order chi connectivity index (χ0) is 12.3. The number of hydrogen-bond donors (Lipinski definition) is 1. The maximum Gasteiger partial charge on any atom is 0.322 e. The molecule has 5 nitrogen and oxygen atoms in total. The van der Waals surface area contributed by atoms with E-state index in [0.29, 0.717) is 24.5 Å². The molecule has 1 fully saturated rings. The number of hydrogen-bond acceptors (Lipinski definition) is 5. The van der Waals surface area contributed by atoms with Gasteiger partial charge in [0.2, 0.25) is 11.2 Å². The Morgan fingerprint density at radius 3 is 2.76 bits per heavy atom. The molecule has 1 aliphatic carbocycles. The van der Waals surface area contributed by atoms with E-state index in [-0.39, 0.29) is 11.3 Å². The maximum absolute atomic E-state index is 5.81. The molecule has 17 heavy (non-hydrogen) atoms. The minimum absolute atomic E-state index is 0.159. The summed E-state index contributed by atoms with van der Waals surface area (Å²) in [5.41, 5.74) is 0. The Kier molecular flexibility index (Phi) is 3.99. The van der Waals surface area contributed by atoms with Crippen molar-refractivity contribution >= 4 is 17.5 Å². The lowest BCUT2D eigenvalue weighted by Gasteiger charge is -2.31. The van der Waals surface area contributed by atoms with Crippen molar-refractivity contribution in [2.45, 2.75) is 39.2 Å². The highest BCUT2D eigenvalue weighted by Crippen LogP contribution is 2.30. The molecule has 0 radical (unpaired) electrons. The van der Waals surface area contributed by atoms with E-state index in [1.54, 1.807) is 0 Å². The minimum atomic E-state index is 0.159. The lowest BCUT2D eigenvalue weighted by molar-refractivity contribution is 0.283. The molecule has 6 heteroatoms. The standard InChI is InChI=1S/C11H17ClN4O/c1-3-17-11-15-9(12)14-10(16-11)13-7(2)8-5-4-6-8/h7-8H,3-6H2,1-2H3,(H,13,14,15,16). The molecule has 0 saturated heterocycles. The fraction of sp³-hybridized carbons (Fsp3) is 0.727. The quantitative estimate of drug-likeness (QED) is 0.877. The molecular formula is C11H17ClN4O. The second kappa shape index (κ2) is 5.49. The molecule has 1 N–H and O–H groups in total. The van der Waals surface area contributed by atoms with E-state index in [1.807, 2.05) is 6.92 Å². The van der Waals surface area contributed by atoms with Crippen molar-refractivity contribution in [1.82, 2.24) is 15.0 Å². The van der Waals surface area contributed by atoms with Crippen LogP contribution in [0.2, 0.25) is 5.28 Å². The largest absolute Gasteiger partial charge is 0.464 e. The van der Waals surface area contributed by atoms with Gasteiger partial charge >= 0.3 is 6.01 Å². The van der Waals surface area contributed by atoms with Gasteiger partial charge in [0.1, 0.15) is 0 Å². The molecule has 1 aromatic heterocycles. The van der Waals surface area contributed by atoms with Gasteiger partial charge in [-0.25, -0.2) is 0 Å². The number of nitrogens with zero attached hydrogens (tertiary/aromatic N) is 3. The molecule has 0 amide bonds. The Hall–Kier alpha value is -1.10. The monoisotopic (exact) mass is 256 g/mol. The number of nitrogens with one attached hydrogen (secondary N) is 1. The molecule has 0 aromatic carbocycles. The van der Waals surface area contributed by atoms with Gasteiger partial charge in [-0.05, 0) is 44.2 Å². The number of rotatable bonds is 5. The van der Waals surface area contributed by atoms with Crippen LogP contribution < -0.4 is 10.1 Å². The normalized spacial score (nSPS) is 17.4. The summed E-state index contributed by atoms with van der Waals surface area (Å²) < 4.78 is 5.22. The van der Waals surface area contributed by atoms with Crippen molar-refractivity contribution in [3.8, 4) is 6.01 Å². The van der Waals surface area contributed by atoms with Crippen LogP contribution >= 0.6 is 11.6 Å². The van der Waals surface area contributed by atoms with Gasteiger partial charge in [-0.15, -0.1) is 0 Å². The van der Waals surface area contributed by atoms with Gasteiger partial charge < -0.3 is 10.1 Å². The highest BCUT2D eigenvalue weighted by Gasteiger charge is 2.24. The van der Waals surface area contributed by atoms with Crippen LogP contribution in [0, 0.1) is 5.92 Å². The van der Waals surface area contributed by atoms with Crippen LogP contribution in [0.4, 0.5) is 5.95 Å². The van der Waals surface area contributed by atoms with Gasteiger partial charge in [0, 0.05) is 6.04 Å². The second-order valence-corrected chi connectivity index (χ2v) is 4.61. The summed E-state index contributed by atoms with van der Waals surface area (Å²) in [6, 6.07) is 0.632. The third kappa shape index (κ3) is 3.19. The molecule has 1 atom stereocenters. The van der Waals surface area contributed by atoms with Gasteiger partial charge in [-0.1, -0.05) is 6.42 Å². The predicted octanol–water partition coefficient (Wildman–Crippen LogP) is 2.52. The van der Waals surface area contributed by atoms with E-state index in [1.165, 1.54) is 19.3 Å². The first kappa shape index (κ1) is 12.4. The van der Waals surface area contributed by atoms with Crippen LogP contribution in [0.3, 0.4) is 0 Å². The highest BCUT2D eigenvalue weighted by molar-refractivity contribution is 6.28. The first-order chi connectivity index (χ1) is 8.19. The SMILES string of the molecule is CCOc1nc(Cl)nc(NC(C)C2CCC2)n1. The lowest BCUT2D eigenvalue weighted by Crippen LogP contribution is -2.31. The summed E-state index contributed by atoms with van der Waals surface area (Å²) in [6.45, 7) is 4.53. The molecule has 0 bridgehead atoms. The van der Waals surface area contributed by atoms with Crippen LogP contribution in [-0.2, 0) is 0 Å². The van der Waals surface area contributed by atoms with Crippen molar-refractivity contribution in [1.29, 1.82) is 0 Å². The minimum Gasteiger partial charge on any atom is -0.464 e. The smallest absolute Gasteiger partial charge is 0.322 e. The number of aromatic nitrogens is 3.